The quantitative estimate of drug-likeness (QED) is 0.0697. The van der Waals surface area contributed by atoms with E-state index in [1.165, 1.54) is 244 Å². The van der Waals surface area contributed by atoms with Crippen molar-refractivity contribution in [2.24, 2.45) is 11.5 Å². The Bertz CT molecular complexity index is 397. The van der Waals surface area contributed by atoms with Crippen LogP contribution in [0.2, 0.25) is 0 Å². The molecule has 0 amide bonds. The minimum Gasteiger partial charge on any atom is -0.330 e. The first-order chi connectivity index (χ1) is 20.9. The molecule has 0 aliphatic heterocycles. The van der Waals surface area contributed by atoms with E-state index < -0.39 is 0 Å². The van der Waals surface area contributed by atoms with Crippen LogP contribution in [-0.2, 0) is 0 Å². The zero-order valence-electron chi connectivity index (χ0n) is 29.4. The summed E-state index contributed by atoms with van der Waals surface area (Å²) in [6, 6.07) is 0. The van der Waals surface area contributed by atoms with Crippen LogP contribution in [0.15, 0.2) is 0 Å². The second kappa shape index (κ2) is 40.9. The number of nitrogens with two attached hydrogens (primary N) is 2. The SMILES string of the molecule is NCCCCCCCCCCCCCCCCCCCCCCCCCCCCCCCCCCCCCCCCN. The highest BCUT2D eigenvalue weighted by Gasteiger charge is 1.98. The molecule has 0 aliphatic rings. The van der Waals surface area contributed by atoms with Crippen LogP contribution in [0.4, 0.5) is 0 Å². The van der Waals surface area contributed by atoms with Crippen molar-refractivity contribution < 1.29 is 0 Å². The van der Waals surface area contributed by atoms with Gasteiger partial charge in [0.05, 0.1) is 0 Å². The van der Waals surface area contributed by atoms with Gasteiger partial charge in [-0.1, -0.05) is 231 Å². The fraction of sp³-hybridized carbons (Fsp3) is 1.00. The second-order valence-corrected chi connectivity index (χ2v) is 14.0. The summed E-state index contributed by atoms with van der Waals surface area (Å²) in [5.41, 5.74) is 11.1. The summed E-state index contributed by atoms with van der Waals surface area (Å²) in [5, 5.41) is 0. The fourth-order valence-electron chi connectivity index (χ4n) is 6.65. The van der Waals surface area contributed by atoms with Crippen LogP contribution < -0.4 is 11.5 Å². The van der Waals surface area contributed by atoms with Crippen molar-refractivity contribution in [3.05, 3.63) is 0 Å². The van der Waals surface area contributed by atoms with Gasteiger partial charge in [-0.15, -0.1) is 0 Å². The lowest BCUT2D eigenvalue weighted by molar-refractivity contribution is 0.510. The minimum atomic E-state index is 0.874. The summed E-state index contributed by atoms with van der Waals surface area (Å²) in [7, 11) is 0. The van der Waals surface area contributed by atoms with Crippen molar-refractivity contribution in [2.75, 3.05) is 13.1 Å². The van der Waals surface area contributed by atoms with Gasteiger partial charge in [0.15, 0.2) is 0 Å². The molecule has 2 nitrogen and oxygen atoms in total. The number of rotatable bonds is 39. The van der Waals surface area contributed by atoms with Gasteiger partial charge >= 0.3 is 0 Å². The Hall–Kier alpha value is -0.0800. The van der Waals surface area contributed by atoms with Crippen molar-refractivity contribution in [1.82, 2.24) is 0 Å². The molecule has 0 atom stereocenters. The molecule has 0 bridgehead atoms. The molecule has 0 aliphatic carbocycles. The molecule has 4 N–H and O–H groups in total. The lowest BCUT2D eigenvalue weighted by Crippen LogP contribution is -1.97. The first-order valence-electron chi connectivity index (χ1n) is 20.3. The van der Waals surface area contributed by atoms with E-state index in [9.17, 15) is 0 Å². The number of hydrogen-bond donors (Lipinski definition) is 2. The largest absolute Gasteiger partial charge is 0.330 e. The van der Waals surface area contributed by atoms with E-state index in [2.05, 4.69) is 0 Å². The highest BCUT2D eigenvalue weighted by atomic mass is 14.5. The van der Waals surface area contributed by atoms with Gasteiger partial charge in [0.2, 0.25) is 0 Å². The molecule has 0 unspecified atom stereocenters. The van der Waals surface area contributed by atoms with Crippen LogP contribution in [0.1, 0.15) is 244 Å². The number of hydrogen-bond acceptors (Lipinski definition) is 2. The van der Waals surface area contributed by atoms with Crippen LogP contribution in [0.25, 0.3) is 0 Å². The Morgan fingerprint density at radius 2 is 0.190 bits per heavy atom. The van der Waals surface area contributed by atoms with Gasteiger partial charge in [0.1, 0.15) is 0 Å². The van der Waals surface area contributed by atoms with E-state index in [4.69, 9.17) is 11.5 Å². The number of unbranched alkanes of at least 4 members (excludes halogenated alkanes) is 37. The van der Waals surface area contributed by atoms with Crippen LogP contribution in [0, 0.1) is 0 Å². The standard InChI is InChI=1S/C40H84N2/c41-39-37-35-33-31-29-27-25-23-21-19-17-15-13-11-9-7-5-3-1-2-4-6-8-10-12-14-16-18-20-22-24-26-28-30-32-34-36-38-40-42/h1-42H2. The summed E-state index contributed by atoms with van der Waals surface area (Å²) in [6.07, 6.45) is 55.1. The van der Waals surface area contributed by atoms with Gasteiger partial charge in [-0.2, -0.15) is 0 Å². The first kappa shape index (κ1) is 41.9. The Morgan fingerprint density at radius 1 is 0.119 bits per heavy atom. The first-order valence-corrected chi connectivity index (χ1v) is 20.3. The average Bonchev–Trinajstić information content (AvgIpc) is 3.00. The Labute approximate surface area is 268 Å². The van der Waals surface area contributed by atoms with Gasteiger partial charge in [-0.3, -0.25) is 0 Å². The van der Waals surface area contributed by atoms with E-state index in [1.807, 2.05) is 0 Å². The van der Waals surface area contributed by atoms with E-state index in [0.717, 1.165) is 13.1 Å². The zero-order chi connectivity index (χ0) is 30.3. The lowest BCUT2D eigenvalue weighted by atomic mass is 10.0. The topological polar surface area (TPSA) is 52.0 Å². The summed E-state index contributed by atoms with van der Waals surface area (Å²) < 4.78 is 0. The molecule has 0 aromatic rings. The lowest BCUT2D eigenvalue weighted by Gasteiger charge is -2.05. The average molecular weight is 593 g/mol. The fourth-order valence-corrected chi connectivity index (χ4v) is 6.65. The second-order valence-electron chi connectivity index (χ2n) is 14.0. The van der Waals surface area contributed by atoms with Crippen molar-refractivity contribution >= 4 is 0 Å². The monoisotopic (exact) mass is 593 g/mol. The van der Waals surface area contributed by atoms with Crippen molar-refractivity contribution in [3.8, 4) is 0 Å². The van der Waals surface area contributed by atoms with Gasteiger partial charge < -0.3 is 11.5 Å². The van der Waals surface area contributed by atoms with Gasteiger partial charge in [-0.25, -0.2) is 0 Å². The Morgan fingerprint density at radius 3 is 0.262 bits per heavy atom. The molecular weight excluding hydrogens is 508 g/mol. The van der Waals surface area contributed by atoms with Crippen LogP contribution >= 0.6 is 0 Å². The molecule has 42 heavy (non-hydrogen) atoms. The molecule has 0 aromatic carbocycles. The zero-order valence-corrected chi connectivity index (χ0v) is 29.4. The highest BCUT2D eigenvalue weighted by molar-refractivity contribution is 4.53. The van der Waals surface area contributed by atoms with Crippen molar-refractivity contribution in [2.45, 2.75) is 244 Å². The molecule has 0 spiro atoms. The minimum absolute atomic E-state index is 0.874. The third kappa shape index (κ3) is 39.9. The molecule has 2 heteroatoms. The van der Waals surface area contributed by atoms with Crippen LogP contribution in [-0.4, -0.2) is 13.1 Å². The molecular formula is C40H84N2. The van der Waals surface area contributed by atoms with Crippen molar-refractivity contribution in [3.63, 3.8) is 0 Å². The van der Waals surface area contributed by atoms with E-state index >= 15 is 0 Å². The maximum Gasteiger partial charge on any atom is -0.00773 e. The predicted molar refractivity (Wildman–Crippen MR) is 194 cm³/mol. The molecule has 0 saturated heterocycles. The third-order valence-electron chi connectivity index (χ3n) is 9.66. The maximum absolute atomic E-state index is 5.55. The van der Waals surface area contributed by atoms with Gasteiger partial charge in [0.25, 0.3) is 0 Å². The molecule has 0 rings (SSSR count). The molecule has 0 saturated carbocycles. The summed E-state index contributed by atoms with van der Waals surface area (Å²) in [5.74, 6) is 0. The van der Waals surface area contributed by atoms with Gasteiger partial charge in [0, 0.05) is 0 Å². The Kier molecular flexibility index (Phi) is 40.8. The smallest absolute Gasteiger partial charge is 0.00773 e. The summed E-state index contributed by atoms with van der Waals surface area (Å²) in [4.78, 5) is 0. The molecule has 254 valence electrons. The third-order valence-corrected chi connectivity index (χ3v) is 9.66. The Balaban J connectivity index is 3.02. The van der Waals surface area contributed by atoms with E-state index in [1.54, 1.807) is 0 Å². The van der Waals surface area contributed by atoms with E-state index in [-0.39, 0.29) is 0 Å². The molecule has 0 fully saturated rings. The highest BCUT2D eigenvalue weighted by Crippen LogP contribution is 2.17. The summed E-state index contributed by atoms with van der Waals surface area (Å²) >= 11 is 0. The van der Waals surface area contributed by atoms with Crippen molar-refractivity contribution in [1.29, 1.82) is 0 Å². The predicted octanol–water partition coefficient (Wildman–Crippen LogP) is 13.7. The molecule has 0 heterocycles. The van der Waals surface area contributed by atoms with Gasteiger partial charge in [-0.05, 0) is 25.9 Å². The van der Waals surface area contributed by atoms with Crippen LogP contribution in [0.5, 0.6) is 0 Å². The molecule has 0 aromatic heterocycles. The normalized spacial score (nSPS) is 11.6. The van der Waals surface area contributed by atoms with E-state index in [0.29, 0.717) is 0 Å². The maximum atomic E-state index is 5.55. The molecule has 0 radical (unpaired) electrons. The summed E-state index contributed by atoms with van der Waals surface area (Å²) in [6.45, 7) is 1.75. The van der Waals surface area contributed by atoms with Crippen LogP contribution in [0.3, 0.4) is 0 Å².